The molecule has 2 nitrogen and oxygen atoms in total. The summed E-state index contributed by atoms with van der Waals surface area (Å²) >= 11 is 2.93. The molecule has 0 heterocycles. The van der Waals surface area contributed by atoms with Crippen LogP contribution in [0.5, 0.6) is 0 Å². The predicted molar refractivity (Wildman–Crippen MR) is 54.9 cm³/mol. The Morgan fingerprint density at radius 2 is 1.93 bits per heavy atom. The average molecular weight is 279 g/mol. The minimum atomic E-state index is -0.883. The van der Waals surface area contributed by atoms with Gasteiger partial charge in [-0.3, -0.25) is 4.79 Å². The molecule has 0 aliphatic heterocycles. The normalized spacial score (nSPS) is 10.4. The van der Waals surface area contributed by atoms with Gasteiger partial charge in [0.15, 0.2) is 5.78 Å². The fraction of sp³-hybridized carbons (Fsp3) is 0.300. The highest BCUT2D eigenvalue weighted by molar-refractivity contribution is 9.10. The van der Waals surface area contributed by atoms with Crippen LogP contribution in [0.15, 0.2) is 16.6 Å². The van der Waals surface area contributed by atoms with Gasteiger partial charge >= 0.3 is 0 Å². The van der Waals surface area contributed by atoms with Gasteiger partial charge in [-0.2, -0.15) is 0 Å². The monoisotopic (exact) mass is 278 g/mol. The Balaban J connectivity index is 2.98. The smallest absolute Gasteiger partial charge is 0.194 e. The van der Waals surface area contributed by atoms with Crippen LogP contribution >= 0.6 is 15.9 Å². The van der Waals surface area contributed by atoms with Crippen LogP contribution in [0.2, 0.25) is 0 Å². The molecule has 0 amide bonds. The first-order valence-corrected chi connectivity index (χ1v) is 5.11. The maximum Gasteiger partial charge on any atom is 0.194 e. The molecule has 1 rings (SSSR count). The number of halogens is 3. The lowest BCUT2D eigenvalue weighted by Gasteiger charge is -2.04. The predicted octanol–water partition coefficient (Wildman–Crippen LogP) is 2.95. The van der Waals surface area contributed by atoms with Crippen LogP contribution in [0.1, 0.15) is 17.3 Å². The maximum atomic E-state index is 13.2. The van der Waals surface area contributed by atoms with E-state index < -0.39 is 23.0 Å². The molecule has 0 saturated heterocycles. The number of rotatable bonds is 4. The molecule has 0 bridgehead atoms. The van der Waals surface area contributed by atoms with Gasteiger partial charge in [0, 0.05) is 11.1 Å². The van der Waals surface area contributed by atoms with Gasteiger partial charge in [0.1, 0.15) is 18.2 Å². The topological polar surface area (TPSA) is 26.3 Å². The van der Waals surface area contributed by atoms with Crippen LogP contribution < -0.4 is 0 Å². The molecule has 0 N–H and O–H groups in total. The van der Waals surface area contributed by atoms with E-state index in [1.807, 2.05) is 0 Å². The van der Waals surface area contributed by atoms with Crippen molar-refractivity contribution in [2.24, 2.45) is 0 Å². The second kappa shape index (κ2) is 5.32. The molecule has 0 aromatic heterocycles. The molecule has 0 aliphatic carbocycles. The van der Waals surface area contributed by atoms with Crippen molar-refractivity contribution in [3.63, 3.8) is 0 Å². The summed E-state index contributed by atoms with van der Waals surface area (Å²) in [5.41, 5.74) is -0.549. The van der Waals surface area contributed by atoms with Crippen LogP contribution in [-0.2, 0) is 4.74 Å². The minimum absolute atomic E-state index is 0.255. The van der Waals surface area contributed by atoms with Crippen LogP contribution in [0.4, 0.5) is 8.78 Å². The Bertz CT molecular complexity index is 357. The molecule has 1 aromatic carbocycles. The van der Waals surface area contributed by atoms with Gasteiger partial charge in [-0.15, -0.1) is 0 Å². The lowest BCUT2D eigenvalue weighted by atomic mass is 10.1. The zero-order valence-electron chi connectivity index (χ0n) is 8.02. The molecule has 0 radical (unpaired) electrons. The van der Waals surface area contributed by atoms with Gasteiger partial charge in [0.05, 0.1) is 5.56 Å². The largest absolute Gasteiger partial charge is 0.374 e. The third-order valence-corrected chi connectivity index (χ3v) is 2.18. The number of hydrogen-bond acceptors (Lipinski definition) is 2. The van der Waals surface area contributed by atoms with Crippen molar-refractivity contribution < 1.29 is 18.3 Å². The second-order valence-corrected chi connectivity index (χ2v) is 3.72. The molecule has 0 atom stereocenters. The van der Waals surface area contributed by atoms with Crippen molar-refractivity contribution in [2.45, 2.75) is 6.92 Å². The minimum Gasteiger partial charge on any atom is -0.374 e. The highest BCUT2D eigenvalue weighted by Crippen LogP contribution is 2.19. The van der Waals surface area contributed by atoms with Gasteiger partial charge in [-0.05, 0) is 19.1 Å². The summed E-state index contributed by atoms with van der Waals surface area (Å²) in [7, 11) is 0. The quantitative estimate of drug-likeness (QED) is 0.792. The van der Waals surface area contributed by atoms with E-state index in [9.17, 15) is 13.6 Å². The Hall–Kier alpha value is -0.810. The number of hydrogen-bond donors (Lipinski definition) is 0. The lowest BCUT2D eigenvalue weighted by molar-refractivity contribution is 0.0775. The molecule has 5 heteroatoms. The van der Waals surface area contributed by atoms with Crippen molar-refractivity contribution >= 4 is 21.7 Å². The Labute approximate surface area is 94.4 Å². The second-order valence-electron chi connectivity index (χ2n) is 2.80. The number of ether oxygens (including phenoxy) is 1. The van der Waals surface area contributed by atoms with Crippen molar-refractivity contribution in [1.29, 1.82) is 0 Å². The van der Waals surface area contributed by atoms with Crippen LogP contribution in [0.3, 0.4) is 0 Å². The first-order valence-electron chi connectivity index (χ1n) is 4.31. The molecule has 82 valence electrons. The molecular weight excluding hydrogens is 270 g/mol. The van der Waals surface area contributed by atoms with E-state index in [2.05, 4.69) is 15.9 Å². The van der Waals surface area contributed by atoms with Crippen LogP contribution in [-0.4, -0.2) is 19.0 Å². The van der Waals surface area contributed by atoms with E-state index in [0.29, 0.717) is 6.61 Å². The van der Waals surface area contributed by atoms with Crippen molar-refractivity contribution in [3.05, 3.63) is 33.8 Å². The summed E-state index contributed by atoms with van der Waals surface area (Å²) in [5.74, 6) is -2.46. The fourth-order valence-corrected chi connectivity index (χ4v) is 1.48. The van der Waals surface area contributed by atoms with Gasteiger partial charge in [0.2, 0.25) is 0 Å². The molecule has 0 spiro atoms. The van der Waals surface area contributed by atoms with Gasteiger partial charge in [0.25, 0.3) is 0 Å². The highest BCUT2D eigenvalue weighted by atomic mass is 79.9. The zero-order chi connectivity index (χ0) is 11.4. The number of Topliss-reactive ketones (excluding diaryl/α,β-unsaturated/α-hetero) is 1. The first kappa shape index (κ1) is 12.3. The average Bonchev–Trinajstić information content (AvgIpc) is 2.12. The van der Waals surface area contributed by atoms with E-state index in [1.54, 1.807) is 6.92 Å². The fourth-order valence-electron chi connectivity index (χ4n) is 1.08. The van der Waals surface area contributed by atoms with Crippen molar-refractivity contribution in [2.75, 3.05) is 13.2 Å². The van der Waals surface area contributed by atoms with E-state index >= 15 is 0 Å². The Kier molecular flexibility index (Phi) is 4.35. The number of benzene rings is 1. The van der Waals surface area contributed by atoms with E-state index in [1.165, 1.54) is 0 Å². The van der Waals surface area contributed by atoms with E-state index in [0.717, 1.165) is 12.1 Å². The van der Waals surface area contributed by atoms with E-state index in [-0.39, 0.29) is 11.1 Å². The lowest BCUT2D eigenvalue weighted by Crippen LogP contribution is -2.13. The summed E-state index contributed by atoms with van der Waals surface area (Å²) in [6.07, 6.45) is 0. The summed E-state index contributed by atoms with van der Waals surface area (Å²) < 4.78 is 31.5. The van der Waals surface area contributed by atoms with Gasteiger partial charge in [-0.25, -0.2) is 8.78 Å². The summed E-state index contributed by atoms with van der Waals surface area (Å²) in [5, 5.41) is 0. The van der Waals surface area contributed by atoms with Crippen LogP contribution in [0.25, 0.3) is 0 Å². The highest BCUT2D eigenvalue weighted by Gasteiger charge is 2.17. The molecule has 0 saturated carbocycles. The summed E-state index contributed by atoms with van der Waals surface area (Å²) in [6, 6.07) is 2.09. The molecule has 0 fully saturated rings. The number of ketones is 1. The third kappa shape index (κ3) is 3.07. The van der Waals surface area contributed by atoms with Gasteiger partial charge < -0.3 is 4.74 Å². The zero-order valence-corrected chi connectivity index (χ0v) is 9.61. The number of carbonyl (C=O) groups excluding carboxylic acids is 1. The Morgan fingerprint density at radius 3 is 2.40 bits per heavy atom. The molecular formula is C10H9BrF2O2. The molecule has 0 aliphatic rings. The van der Waals surface area contributed by atoms with Crippen molar-refractivity contribution in [1.82, 2.24) is 0 Å². The third-order valence-electron chi connectivity index (χ3n) is 1.72. The van der Waals surface area contributed by atoms with E-state index in [4.69, 9.17) is 4.74 Å². The molecule has 1 aromatic rings. The van der Waals surface area contributed by atoms with Crippen LogP contribution in [0, 0.1) is 11.6 Å². The Morgan fingerprint density at radius 1 is 1.40 bits per heavy atom. The van der Waals surface area contributed by atoms with Gasteiger partial charge in [-0.1, -0.05) is 15.9 Å². The summed E-state index contributed by atoms with van der Waals surface area (Å²) in [4.78, 5) is 11.3. The number of carbonyl (C=O) groups is 1. The SMILES string of the molecule is CCOCC(=O)c1c(F)cc(Br)cc1F. The molecule has 15 heavy (non-hydrogen) atoms. The standard InChI is InChI=1S/C10H9BrF2O2/c1-2-15-5-9(14)10-7(12)3-6(11)4-8(10)13/h3-4H,2,5H2,1H3. The molecule has 0 unspecified atom stereocenters. The first-order chi connectivity index (χ1) is 7.06. The van der Waals surface area contributed by atoms with Crippen molar-refractivity contribution in [3.8, 4) is 0 Å². The summed E-state index contributed by atoms with van der Waals surface area (Å²) in [6.45, 7) is 1.71. The maximum absolute atomic E-state index is 13.2.